The van der Waals surface area contributed by atoms with Gasteiger partial charge in [-0.1, -0.05) is 56.5 Å². The number of allylic oxidation sites excluding steroid dienone is 4. The highest BCUT2D eigenvalue weighted by Gasteiger charge is 2.54. The van der Waals surface area contributed by atoms with Crippen LogP contribution in [0.4, 0.5) is 4.39 Å². The molecule has 54 heavy (non-hydrogen) atoms. The molecule has 3 fully saturated rings. The minimum absolute atomic E-state index is 0.00575. The summed E-state index contributed by atoms with van der Waals surface area (Å²) in [4.78, 5) is 54.8. The van der Waals surface area contributed by atoms with E-state index in [1.165, 1.54) is 42.9 Å². The molecule has 1 saturated heterocycles. The molecule has 0 radical (unpaired) electrons. The highest BCUT2D eigenvalue weighted by Crippen LogP contribution is 2.64. The lowest BCUT2D eigenvalue weighted by molar-refractivity contribution is -0.132. The van der Waals surface area contributed by atoms with Gasteiger partial charge in [-0.15, -0.1) is 0 Å². The minimum atomic E-state index is -0.580. The van der Waals surface area contributed by atoms with E-state index >= 15 is 4.39 Å². The van der Waals surface area contributed by atoms with Gasteiger partial charge in [0.05, 0.1) is 16.6 Å². The summed E-state index contributed by atoms with van der Waals surface area (Å²) < 4.78 is 15.0. The van der Waals surface area contributed by atoms with Crippen molar-refractivity contribution >= 4 is 28.4 Å². The topological polar surface area (TPSA) is 103 Å². The Kier molecular flexibility index (Phi) is 10.2. The zero-order chi connectivity index (χ0) is 37.6. The summed E-state index contributed by atoms with van der Waals surface area (Å²) in [5.74, 6) is 2.24. The van der Waals surface area contributed by atoms with E-state index in [2.05, 4.69) is 24.0 Å². The highest BCUT2D eigenvalue weighted by atomic mass is 19.1. The molecule has 1 N–H and O–H groups in total. The van der Waals surface area contributed by atoms with Crippen LogP contribution in [0, 0.1) is 34.9 Å². The van der Waals surface area contributed by atoms with Gasteiger partial charge in [0, 0.05) is 50.8 Å². The fourth-order valence-electron chi connectivity index (χ4n) is 11.0. The van der Waals surface area contributed by atoms with Crippen molar-refractivity contribution in [2.75, 3.05) is 26.2 Å². The lowest BCUT2D eigenvalue weighted by atomic mass is 9.52. The van der Waals surface area contributed by atoms with Gasteiger partial charge in [-0.05, 0) is 121 Å². The number of carbonyl (C=O) groups excluding carboxylic acids is 3. The number of aromatic nitrogens is 2. The second-order valence-electron chi connectivity index (χ2n) is 17.0. The summed E-state index contributed by atoms with van der Waals surface area (Å²) in [5.41, 5.74) is 6.09. The molecule has 8 rings (SSSR count). The van der Waals surface area contributed by atoms with Crippen LogP contribution in [0.1, 0.15) is 113 Å². The van der Waals surface area contributed by atoms with Gasteiger partial charge in [0.1, 0.15) is 5.82 Å². The number of fused-ring (bicyclic) bond motifs is 5. The Bertz CT molecular complexity index is 2090. The van der Waals surface area contributed by atoms with Gasteiger partial charge in [0.25, 0.3) is 11.5 Å². The zero-order valence-corrected chi connectivity index (χ0v) is 31.8. The zero-order valence-electron chi connectivity index (χ0n) is 31.8. The van der Waals surface area contributed by atoms with Crippen molar-refractivity contribution in [3.63, 3.8) is 0 Å². The van der Waals surface area contributed by atoms with Crippen LogP contribution in [0.25, 0.3) is 10.8 Å². The maximum absolute atomic E-state index is 15.0. The normalized spacial score (nSPS) is 26.7. The first-order valence-electron chi connectivity index (χ1n) is 20.4. The number of piperazine rings is 1. The fraction of sp³-hybridized carbons (Fsp3) is 0.533. The van der Waals surface area contributed by atoms with Gasteiger partial charge >= 0.3 is 0 Å². The average Bonchev–Trinajstić information content (AvgIpc) is 3.48. The Morgan fingerprint density at radius 3 is 2.52 bits per heavy atom. The Hall–Kier alpha value is -4.40. The number of H-pyrrole nitrogens is 1. The van der Waals surface area contributed by atoms with E-state index in [0.29, 0.717) is 79.6 Å². The van der Waals surface area contributed by atoms with Crippen LogP contribution in [-0.2, 0) is 16.0 Å². The molecule has 0 bridgehead atoms. The molecule has 2 saturated carbocycles. The van der Waals surface area contributed by atoms with Crippen molar-refractivity contribution in [2.24, 2.45) is 29.1 Å². The third-order valence-electron chi connectivity index (χ3n) is 14.1. The van der Waals surface area contributed by atoms with Crippen molar-refractivity contribution in [1.82, 2.24) is 20.0 Å². The van der Waals surface area contributed by atoms with Crippen LogP contribution in [0.2, 0.25) is 0 Å². The summed E-state index contributed by atoms with van der Waals surface area (Å²) in [5, 5.41) is 8.03. The standard InChI is InChI=1S/C45H53FN4O4/c1-28-12-18-38-36-16-14-30-26-32(51)15-17-33(30)42(36)31(27-45(28,38)2)8-4-3-5-11-41(52)49-20-22-50(23-21-49)44(54)37-24-29(13-19-39(37)46)25-40-34-9-6-7-10-35(34)43(53)48-47-40/h6-7,9-10,13,19,24,26,28,31,36,38H,3-5,8,11-12,14-18,20-23,25,27H2,1-2H3,(H,48,53)/t28-,31-,36-,38-,45+/m0/s1. The summed E-state index contributed by atoms with van der Waals surface area (Å²) in [6.45, 7) is 6.64. The quantitative estimate of drug-likeness (QED) is 0.225. The summed E-state index contributed by atoms with van der Waals surface area (Å²) in [7, 11) is 0. The number of aromatic amines is 1. The Morgan fingerprint density at radius 2 is 1.70 bits per heavy atom. The Morgan fingerprint density at radius 1 is 0.926 bits per heavy atom. The van der Waals surface area contributed by atoms with Gasteiger partial charge in [0.2, 0.25) is 5.91 Å². The molecule has 8 nitrogen and oxygen atoms in total. The second kappa shape index (κ2) is 15.0. The molecule has 1 aliphatic heterocycles. The molecule has 3 aromatic rings. The number of amides is 2. The molecule has 2 heterocycles. The van der Waals surface area contributed by atoms with Gasteiger partial charge < -0.3 is 9.80 Å². The minimum Gasteiger partial charge on any atom is -0.339 e. The van der Waals surface area contributed by atoms with E-state index < -0.39 is 5.82 Å². The van der Waals surface area contributed by atoms with Crippen LogP contribution >= 0.6 is 0 Å². The number of rotatable bonds is 9. The summed E-state index contributed by atoms with van der Waals surface area (Å²) in [6.07, 6.45) is 14.7. The fourth-order valence-corrected chi connectivity index (χ4v) is 11.0. The highest BCUT2D eigenvalue weighted by molar-refractivity contribution is 5.95. The number of hydrogen-bond acceptors (Lipinski definition) is 5. The van der Waals surface area contributed by atoms with Crippen molar-refractivity contribution in [2.45, 2.75) is 97.3 Å². The van der Waals surface area contributed by atoms with Crippen LogP contribution in [0.5, 0.6) is 0 Å². The lowest BCUT2D eigenvalue weighted by Gasteiger charge is -2.52. The monoisotopic (exact) mass is 732 g/mol. The van der Waals surface area contributed by atoms with Crippen LogP contribution < -0.4 is 5.56 Å². The van der Waals surface area contributed by atoms with Crippen molar-refractivity contribution in [1.29, 1.82) is 0 Å². The number of nitrogens with one attached hydrogen (secondary N) is 1. The predicted octanol–water partition coefficient (Wildman–Crippen LogP) is 7.96. The van der Waals surface area contributed by atoms with E-state index in [-0.39, 0.29) is 22.9 Å². The predicted molar refractivity (Wildman–Crippen MR) is 207 cm³/mol. The van der Waals surface area contributed by atoms with Crippen LogP contribution in [-0.4, -0.2) is 63.8 Å². The average molecular weight is 733 g/mol. The Labute approximate surface area is 317 Å². The molecule has 0 unspecified atom stereocenters. The van der Waals surface area contributed by atoms with Gasteiger partial charge in [0.15, 0.2) is 5.78 Å². The molecule has 9 heteroatoms. The van der Waals surface area contributed by atoms with Crippen molar-refractivity contribution < 1.29 is 18.8 Å². The van der Waals surface area contributed by atoms with E-state index in [1.54, 1.807) is 34.7 Å². The maximum Gasteiger partial charge on any atom is 0.272 e. The molecule has 2 amide bonds. The SMILES string of the molecule is C[C@H]1CC[C@H]2[C@@H]3CCC4=CC(=O)CCC4=C3[C@@H](CCCCCC(=O)N3CCN(C(=O)c4cc(Cc5n[nH]c(=O)c6ccccc56)ccc4F)CC3)C[C@]12C. The van der Waals surface area contributed by atoms with E-state index in [1.807, 2.05) is 23.1 Å². The van der Waals surface area contributed by atoms with Gasteiger partial charge in [-0.3, -0.25) is 19.2 Å². The summed E-state index contributed by atoms with van der Waals surface area (Å²) >= 11 is 0. The number of ketones is 1. The van der Waals surface area contributed by atoms with E-state index in [4.69, 9.17) is 0 Å². The number of unbranched alkanes of at least 4 members (excludes halogenated alkanes) is 2. The van der Waals surface area contributed by atoms with Gasteiger partial charge in [-0.25, -0.2) is 9.49 Å². The third-order valence-corrected chi connectivity index (χ3v) is 14.1. The first kappa shape index (κ1) is 36.6. The smallest absolute Gasteiger partial charge is 0.272 e. The van der Waals surface area contributed by atoms with Crippen molar-refractivity contribution in [3.05, 3.63) is 98.3 Å². The largest absolute Gasteiger partial charge is 0.339 e. The molecule has 5 atom stereocenters. The number of benzene rings is 2. The van der Waals surface area contributed by atoms with Crippen LogP contribution in [0.15, 0.2) is 70.1 Å². The molecular formula is C45H53FN4O4. The molecular weight excluding hydrogens is 680 g/mol. The molecule has 0 spiro atoms. The van der Waals surface area contributed by atoms with Gasteiger partial charge in [-0.2, -0.15) is 5.10 Å². The molecule has 1 aromatic heterocycles. The van der Waals surface area contributed by atoms with E-state index in [0.717, 1.165) is 61.3 Å². The molecule has 5 aliphatic rings. The maximum atomic E-state index is 15.0. The Balaban J connectivity index is 0.835. The number of halogens is 1. The third kappa shape index (κ3) is 6.88. The first-order valence-corrected chi connectivity index (χ1v) is 20.4. The lowest BCUT2D eigenvalue weighted by Crippen LogP contribution is -2.50. The molecule has 284 valence electrons. The second-order valence-corrected chi connectivity index (χ2v) is 17.0. The first-order chi connectivity index (χ1) is 26.1. The molecule has 2 aromatic carbocycles. The number of hydrogen-bond donors (Lipinski definition) is 1. The van der Waals surface area contributed by atoms with Crippen molar-refractivity contribution in [3.8, 4) is 0 Å². The van der Waals surface area contributed by atoms with E-state index in [9.17, 15) is 19.2 Å². The van der Waals surface area contributed by atoms with Crippen LogP contribution in [0.3, 0.4) is 0 Å². The summed E-state index contributed by atoms with van der Waals surface area (Å²) in [6, 6.07) is 11.7. The molecule has 4 aliphatic carbocycles. The number of carbonyl (C=O) groups is 3. The number of nitrogens with zero attached hydrogens (tertiary/aromatic N) is 3.